The van der Waals surface area contributed by atoms with Gasteiger partial charge in [0.2, 0.25) is 10.0 Å². The predicted octanol–water partition coefficient (Wildman–Crippen LogP) is -0.190. The average Bonchev–Trinajstić information content (AvgIpc) is 2.35. The molecule has 0 bridgehead atoms. The molecule has 9 heteroatoms. The van der Waals surface area contributed by atoms with Gasteiger partial charge in [0.15, 0.2) is 0 Å². The van der Waals surface area contributed by atoms with Gasteiger partial charge in [-0.25, -0.2) is 16.8 Å². The molecule has 1 rings (SSSR count). The maximum Gasteiger partial charge on any atom is 0.233 e. The van der Waals surface area contributed by atoms with Gasteiger partial charge >= 0.3 is 0 Å². The van der Waals surface area contributed by atoms with Crippen LogP contribution in [0.1, 0.15) is 0 Å². The van der Waals surface area contributed by atoms with E-state index in [0.29, 0.717) is 24.6 Å². The van der Waals surface area contributed by atoms with Crippen molar-refractivity contribution >= 4 is 25.5 Å². The zero-order valence-electron chi connectivity index (χ0n) is 11.1. The van der Waals surface area contributed by atoms with E-state index in [9.17, 15) is 16.8 Å². The smallest absolute Gasteiger partial charge is 0.233 e. The molecule has 20 heavy (non-hydrogen) atoms. The van der Waals surface area contributed by atoms with Gasteiger partial charge in [-0.1, -0.05) is 0 Å². The third kappa shape index (κ3) is 6.73. The fourth-order valence-corrected chi connectivity index (χ4v) is 3.97. The van der Waals surface area contributed by atoms with Crippen LogP contribution >= 0.6 is 0 Å². The van der Waals surface area contributed by atoms with Gasteiger partial charge in [-0.3, -0.25) is 4.72 Å². The van der Waals surface area contributed by atoms with Crippen molar-refractivity contribution in [1.29, 1.82) is 0 Å². The second-order valence-corrected chi connectivity index (χ2v) is 8.31. The molecule has 0 radical (unpaired) electrons. The topological polar surface area (TPSA) is 116 Å². The third-order valence-corrected chi connectivity index (χ3v) is 4.73. The van der Waals surface area contributed by atoms with Crippen LogP contribution in [-0.4, -0.2) is 47.7 Å². The van der Waals surface area contributed by atoms with Crippen LogP contribution in [0.25, 0.3) is 0 Å². The van der Waals surface area contributed by atoms with Gasteiger partial charge < -0.3 is 10.5 Å². The molecule has 114 valence electrons. The number of rotatable bonds is 8. The van der Waals surface area contributed by atoms with Crippen LogP contribution in [0.4, 0.5) is 5.69 Å². The zero-order chi connectivity index (χ0) is 15.2. The Balaban J connectivity index is 2.63. The van der Waals surface area contributed by atoms with Gasteiger partial charge in [-0.05, 0) is 24.3 Å². The number of nitrogens with two attached hydrogens (primary N) is 1. The Bertz CT molecular complexity index is 623. The van der Waals surface area contributed by atoms with E-state index >= 15 is 0 Å². The monoisotopic (exact) mass is 322 g/mol. The average molecular weight is 322 g/mol. The van der Waals surface area contributed by atoms with Crippen molar-refractivity contribution in [2.24, 2.45) is 5.73 Å². The normalized spacial score (nSPS) is 12.1. The molecule has 0 spiro atoms. The maximum absolute atomic E-state index is 11.7. The van der Waals surface area contributed by atoms with E-state index in [2.05, 4.69) is 4.72 Å². The van der Waals surface area contributed by atoms with E-state index < -0.39 is 31.4 Å². The van der Waals surface area contributed by atoms with E-state index in [4.69, 9.17) is 10.5 Å². The van der Waals surface area contributed by atoms with Crippen molar-refractivity contribution in [2.45, 2.75) is 0 Å². The minimum absolute atomic E-state index is 0.346. The third-order valence-electron chi connectivity index (χ3n) is 2.24. The van der Waals surface area contributed by atoms with Crippen molar-refractivity contribution in [3.63, 3.8) is 0 Å². The highest BCUT2D eigenvalue weighted by Crippen LogP contribution is 2.16. The first-order chi connectivity index (χ1) is 9.22. The number of hydrogen-bond donors (Lipinski definition) is 2. The van der Waals surface area contributed by atoms with E-state index in [1.807, 2.05) is 0 Å². The highest BCUT2D eigenvalue weighted by molar-refractivity contribution is 7.95. The second-order valence-electron chi connectivity index (χ2n) is 4.21. The lowest BCUT2D eigenvalue weighted by Gasteiger charge is -2.09. The van der Waals surface area contributed by atoms with Crippen molar-refractivity contribution in [2.75, 3.05) is 35.6 Å². The number of hydrogen-bond acceptors (Lipinski definition) is 6. The molecule has 0 aliphatic rings. The Morgan fingerprint density at radius 3 is 2.20 bits per heavy atom. The molecular formula is C11H18N2O5S2. The van der Waals surface area contributed by atoms with Gasteiger partial charge in [0, 0.05) is 18.5 Å². The molecule has 0 saturated carbocycles. The van der Waals surface area contributed by atoms with Crippen LogP contribution in [0.3, 0.4) is 0 Å². The van der Waals surface area contributed by atoms with Gasteiger partial charge in [-0.2, -0.15) is 0 Å². The summed E-state index contributed by atoms with van der Waals surface area (Å²) in [4.78, 5) is 0. The molecule has 7 nitrogen and oxygen atoms in total. The molecule has 0 unspecified atom stereocenters. The van der Waals surface area contributed by atoms with Crippen LogP contribution in [0, 0.1) is 0 Å². The Morgan fingerprint density at radius 2 is 1.70 bits per heavy atom. The minimum Gasteiger partial charge on any atom is -0.492 e. The van der Waals surface area contributed by atoms with Gasteiger partial charge in [0.25, 0.3) is 0 Å². The summed E-state index contributed by atoms with van der Waals surface area (Å²) in [6.07, 6.45) is 0.992. The maximum atomic E-state index is 11.7. The molecule has 0 atom stereocenters. The predicted molar refractivity (Wildman–Crippen MR) is 78.1 cm³/mol. The summed E-state index contributed by atoms with van der Waals surface area (Å²) in [5.41, 5.74) is 5.64. The fraction of sp³-hybridized carbons (Fsp3) is 0.455. The number of benzene rings is 1. The van der Waals surface area contributed by atoms with Crippen LogP contribution < -0.4 is 15.2 Å². The van der Waals surface area contributed by atoms with Crippen molar-refractivity contribution in [3.8, 4) is 5.75 Å². The lowest BCUT2D eigenvalue weighted by Crippen LogP contribution is -2.22. The van der Waals surface area contributed by atoms with Gasteiger partial charge in [-0.15, -0.1) is 0 Å². The first-order valence-corrected chi connectivity index (χ1v) is 9.54. The Labute approximate surface area is 119 Å². The molecule has 0 heterocycles. The molecule has 0 fully saturated rings. The van der Waals surface area contributed by atoms with Gasteiger partial charge in [0.1, 0.15) is 22.2 Å². The van der Waals surface area contributed by atoms with Crippen LogP contribution in [0.2, 0.25) is 0 Å². The van der Waals surface area contributed by atoms with Crippen molar-refractivity contribution in [3.05, 3.63) is 24.3 Å². The fourth-order valence-electron chi connectivity index (χ4n) is 1.29. The molecular weight excluding hydrogens is 304 g/mol. The molecule has 0 aliphatic heterocycles. The number of ether oxygens (including phenoxy) is 1. The first-order valence-electron chi connectivity index (χ1n) is 5.83. The van der Waals surface area contributed by atoms with E-state index in [-0.39, 0.29) is 0 Å². The van der Waals surface area contributed by atoms with E-state index in [1.165, 1.54) is 12.1 Å². The largest absolute Gasteiger partial charge is 0.492 e. The summed E-state index contributed by atoms with van der Waals surface area (Å²) in [6, 6.07) is 6.27. The number of anilines is 1. The standard InChI is InChI=1S/C11H18N2O5S2/c1-19(14,15)8-9-20(16,17)13-10-2-4-11(5-3-10)18-7-6-12/h2-5,13H,6-9,12H2,1H3. The summed E-state index contributed by atoms with van der Waals surface area (Å²) >= 11 is 0. The van der Waals surface area contributed by atoms with Crippen molar-refractivity contribution in [1.82, 2.24) is 0 Å². The number of sulfonamides is 1. The van der Waals surface area contributed by atoms with Crippen LogP contribution in [-0.2, 0) is 19.9 Å². The van der Waals surface area contributed by atoms with Gasteiger partial charge in [0.05, 0.1) is 11.5 Å². The summed E-state index contributed by atoms with van der Waals surface area (Å²) in [5, 5.41) is 0. The highest BCUT2D eigenvalue weighted by atomic mass is 32.2. The lowest BCUT2D eigenvalue weighted by molar-refractivity contribution is 0.328. The zero-order valence-corrected chi connectivity index (χ0v) is 12.7. The Morgan fingerprint density at radius 1 is 1.10 bits per heavy atom. The Kier molecular flexibility index (Phi) is 5.78. The second kappa shape index (κ2) is 6.91. The number of sulfone groups is 1. The highest BCUT2D eigenvalue weighted by Gasteiger charge is 2.14. The SMILES string of the molecule is CS(=O)(=O)CCS(=O)(=O)Nc1ccc(OCCN)cc1. The number of nitrogens with one attached hydrogen (secondary N) is 1. The van der Waals surface area contributed by atoms with Crippen molar-refractivity contribution < 1.29 is 21.6 Å². The molecule has 0 saturated heterocycles. The molecule has 3 N–H and O–H groups in total. The quantitative estimate of drug-likeness (QED) is 0.685. The summed E-state index contributed by atoms with van der Waals surface area (Å²) < 4.78 is 52.8. The molecule has 0 amide bonds. The molecule has 1 aromatic rings. The lowest BCUT2D eigenvalue weighted by atomic mass is 10.3. The van der Waals surface area contributed by atoms with Crippen LogP contribution in [0.5, 0.6) is 5.75 Å². The Hall–Kier alpha value is -1.32. The minimum atomic E-state index is -3.69. The first kappa shape index (κ1) is 16.7. The summed E-state index contributed by atoms with van der Waals surface area (Å²) in [7, 11) is -7.01. The molecule has 1 aromatic carbocycles. The van der Waals surface area contributed by atoms with E-state index in [0.717, 1.165) is 6.26 Å². The summed E-state index contributed by atoms with van der Waals surface area (Å²) in [6.45, 7) is 0.763. The van der Waals surface area contributed by atoms with Crippen LogP contribution in [0.15, 0.2) is 24.3 Å². The van der Waals surface area contributed by atoms with E-state index in [1.54, 1.807) is 12.1 Å². The molecule has 0 aromatic heterocycles. The summed E-state index contributed by atoms with van der Waals surface area (Å²) in [5.74, 6) is -0.313. The molecule has 0 aliphatic carbocycles.